The van der Waals surface area contributed by atoms with Crippen molar-refractivity contribution in [3.8, 4) is 0 Å². The molecule has 1 aliphatic carbocycles. The van der Waals surface area contributed by atoms with E-state index in [4.69, 9.17) is 0 Å². The summed E-state index contributed by atoms with van der Waals surface area (Å²) in [5.41, 5.74) is -0.146. The van der Waals surface area contributed by atoms with E-state index in [1.165, 1.54) is 18.2 Å². The Balaban J connectivity index is 2.06. The standard InChI is InChI=1S/C17H23F2NO/c1-10-7-8-15(11(2)9-10)20-17(21)12(3)16-13(18)5-4-6-14(16)19/h4-6,10-12,15H,7-9H2,1-3H3,(H,20,21). The Morgan fingerprint density at radius 1 is 1.24 bits per heavy atom. The Hall–Kier alpha value is -1.45. The lowest BCUT2D eigenvalue weighted by Gasteiger charge is -2.33. The number of hydrogen-bond acceptors (Lipinski definition) is 1. The highest BCUT2D eigenvalue weighted by molar-refractivity contribution is 5.83. The molecule has 4 heteroatoms. The van der Waals surface area contributed by atoms with Crippen LogP contribution in [0.3, 0.4) is 0 Å². The smallest absolute Gasteiger partial charge is 0.227 e. The normalized spacial score (nSPS) is 27.2. The summed E-state index contributed by atoms with van der Waals surface area (Å²) in [6, 6.07) is 3.79. The highest BCUT2D eigenvalue weighted by Gasteiger charge is 2.29. The van der Waals surface area contributed by atoms with Crippen molar-refractivity contribution in [2.24, 2.45) is 11.8 Å². The molecule has 0 aliphatic heterocycles. The zero-order valence-electron chi connectivity index (χ0n) is 12.8. The van der Waals surface area contributed by atoms with Gasteiger partial charge >= 0.3 is 0 Å². The Morgan fingerprint density at radius 2 is 1.86 bits per heavy atom. The molecule has 21 heavy (non-hydrogen) atoms. The van der Waals surface area contributed by atoms with Crippen LogP contribution in [0.5, 0.6) is 0 Å². The van der Waals surface area contributed by atoms with Crippen molar-refractivity contribution in [1.29, 1.82) is 0 Å². The summed E-state index contributed by atoms with van der Waals surface area (Å²) in [5.74, 6) is -1.38. The molecular formula is C17H23F2NO. The molecule has 1 saturated carbocycles. The Bertz CT molecular complexity index is 497. The molecule has 2 rings (SSSR count). The van der Waals surface area contributed by atoms with Gasteiger partial charge in [0.2, 0.25) is 5.91 Å². The second-order valence-corrected chi connectivity index (χ2v) is 6.37. The van der Waals surface area contributed by atoms with Crippen molar-refractivity contribution in [2.45, 2.75) is 52.0 Å². The van der Waals surface area contributed by atoms with Crippen LogP contribution >= 0.6 is 0 Å². The maximum atomic E-state index is 13.7. The van der Waals surface area contributed by atoms with E-state index >= 15 is 0 Å². The number of nitrogens with one attached hydrogen (secondary N) is 1. The van der Waals surface area contributed by atoms with E-state index in [9.17, 15) is 13.6 Å². The van der Waals surface area contributed by atoms with Gasteiger partial charge in [-0.15, -0.1) is 0 Å². The van der Waals surface area contributed by atoms with Gasteiger partial charge in [-0.25, -0.2) is 8.78 Å². The third-order valence-electron chi connectivity index (χ3n) is 4.59. The van der Waals surface area contributed by atoms with Gasteiger partial charge in [0.05, 0.1) is 5.92 Å². The maximum absolute atomic E-state index is 13.7. The first-order chi connectivity index (χ1) is 9.90. The summed E-state index contributed by atoms with van der Waals surface area (Å²) in [7, 11) is 0. The monoisotopic (exact) mass is 295 g/mol. The van der Waals surface area contributed by atoms with E-state index in [0.717, 1.165) is 19.3 Å². The topological polar surface area (TPSA) is 29.1 Å². The number of benzene rings is 1. The predicted molar refractivity (Wildman–Crippen MR) is 78.9 cm³/mol. The minimum absolute atomic E-state index is 0.103. The van der Waals surface area contributed by atoms with Crippen molar-refractivity contribution in [3.63, 3.8) is 0 Å². The van der Waals surface area contributed by atoms with Crippen LogP contribution in [0.4, 0.5) is 8.78 Å². The number of amides is 1. The van der Waals surface area contributed by atoms with E-state index in [1.54, 1.807) is 6.92 Å². The van der Waals surface area contributed by atoms with Gasteiger partial charge in [-0.2, -0.15) is 0 Å². The number of hydrogen-bond donors (Lipinski definition) is 1. The first-order valence-corrected chi connectivity index (χ1v) is 7.64. The second kappa shape index (κ2) is 6.54. The molecule has 1 aliphatic rings. The Kier molecular flexibility index (Phi) is 4.96. The van der Waals surface area contributed by atoms with Crippen LogP contribution in [-0.2, 0) is 4.79 Å². The molecule has 1 aromatic carbocycles. The fourth-order valence-electron chi connectivity index (χ4n) is 3.24. The predicted octanol–water partition coefficient (Wildman–Crippen LogP) is 4.01. The maximum Gasteiger partial charge on any atom is 0.227 e. The van der Waals surface area contributed by atoms with E-state index in [-0.39, 0.29) is 17.5 Å². The molecule has 0 radical (unpaired) electrons. The van der Waals surface area contributed by atoms with Crippen LogP contribution in [0.2, 0.25) is 0 Å². The number of rotatable bonds is 3. The molecule has 0 spiro atoms. The summed E-state index contributed by atoms with van der Waals surface area (Å²) in [5, 5.41) is 2.97. The van der Waals surface area contributed by atoms with Gasteiger partial charge < -0.3 is 5.32 Å². The SMILES string of the molecule is CC1CCC(NC(=O)C(C)c2c(F)cccc2F)C(C)C1. The van der Waals surface area contributed by atoms with Crippen molar-refractivity contribution >= 4 is 5.91 Å². The number of halogens is 2. The molecule has 1 fully saturated rings. The van der Waals surface area contributed by atoms with Crippen LogP contribution in [0.25, 0.3) is 0 Å². The number of carbonyl (C=O) groups is 1. The van der Waals surface area contributed by atoms with E-state index in [1.807, 2.05) is 0 Å². The summed E-state index contributed by atoms with van der Waals surface area (Å²) in [4.78, 5) is 12.3. The molecule has 0 aromatic heterocycles. The molecule has 4 atom stereocenters. The Morgan fingerprint density at radius 3 is 2.43 bits per heavy atom. The average Bonchev–Trinajstić information content (AvgIpc) is 2.41. The van der Waals surface area contributed by atoms with Gasteiger partial charge in [0.1, 0.15) is 11.6 Å². The number of carbonyl (C=O) groups excluding carboxylic acids is 1. The fourth-order valence-corrected chi connectivity index (χ4v) is 3.24. The van der Waals surface area contributed by atoms with Gasteiger partial charge in [-0.1, -0.05) is 19.9 Å². The fraction of sp³-hybridized carbons (Fsp3) is 0.588. The van der Waals surface area contributed by atoms with Gasteiger partial charge in [-0.05, 0) is 50.2 Å². The van der Waals surface area contributed by atoms with E-state index in [0.29, 0.717) is 11.8 Å². The van der Waals surface area contributed by atoms with Crippen molar-refractivity contribution in [3.05, 3.63) is 35.4 Å². The van der Waals surface area contributed by atoms with Gasteiger partial charge in [-0.3, -0.25) is 4.79 Å². The lowest BCUT2D eigenvalue weighted by Crippen LogP contribution is -2.44. The van der Waals surface area contributed by atoms with Gasteiger partial charge in [0.15, 0.2) is 0 Å². The third kappa shape index (κ3) is 3.60. The van der Waals surface area contributed by atoms with Crippen molar-refractivity contribution in [1.82, 2.24) is 5.32 Å². The zero-order valence-corrected chi connectivity index (χ0v) is 12.8. The second-order valence-electron chi connectivity index (χ2n) is 6.37. The average molecular weight is 295 g/mol. The Labute approximate surface area is 124 Å². The molecule has 0 saturated heterocycles. The quantitative estimate of drug-likeness (QED) is 0.897. The lowest BCUT2D eigenvalue weighted by atomic mass is 9.79. The third-order valence-corrected chi connectivity index (χ3v) is 4.59. The van der Waals surface area contributed by atoms with Crippen LogP contribution in [0.15, 0.2) is 18.2 Å². The molecular weight excluding hydrogens is 272 g/mol. The van der Waals surface area contributed by atoms with Crippen LogP contribution in [0, 0.1) is 23.5 Å². The lowest BCUT2D eigenvalue weighted by molar-refractivity contribution is -0.123. The molecule has 4 unspecified atom stereocenters. The largest absolute Gasteiger partial charge is 0.353 e. The zero-order chi connectivity index (χ0) is 15.6. The van der Waals surface area contributed by atoms with Crippen LogP contribution in [-0.4, -0.2) is 11.9 Å². The molecule has 1 aromatic rings. The van der Waals surface area contributed by atoms with Crippen LogP contribution in [0.1, 0.15) is 51.5 Å². The summed E-state index contributed by atoms with van der Waals surface area (Å²) >= 11 is 0. The summed E-state index contributed by atoms with van der Waals surface area (Å²) in [6.45, 7) is 5.88. The van der Waals surface area contributed by atoms with Gasteiger partial charge in [0, 0.05) is 11.6 Å². The minimum Gasteiger partial charge on any atom is -0.353 e. The molecule has 2 nitrogen and oxygen atoms in total. The molecule has 1 N–H and O–H groups in total. The molecule has 1 amide bonds. The van der Waals surface area contributed by atoms with Crippen LogP contribution < -0.4 is 5.32 Å². The highest BCUT2D eigenvalue weighted by atomic mass is 19.1. The summed E-state index contributed by atoms with van der Waals surface area (Å²) < 4.78 is 27.5. The minimum atomic E-state index is -0.822. The first kappa shape index (κ1) is 15.9. The molecule has 0 bridgehead atoms. The first-order valence-electron chi connectivity index (χ1n) is 7.64. The molecule has 116 valence electrons. The molecule has 0 heterocycles. The van der Waals surface area contributed by atoms with Crippen molar-refractivity contribution in [2.75, 3.05) is 0 Å². The highest BCUT2D eigenvalue weighted by Crippen LogP contribution is 2.29. The summed E-state index contributed by atoms with van der Waals surface area (Å²) in [6.07, 6.45) is 3.09. The van der Waals surface area contributed by atoms with Gasteiger partial charge in [0.25, 0.3) is 0 Å². The van der Waals surface area contributed by atoms with E-state index < -0.39 is 17.6 Å². The van der Waals surface area contributed by atoms with Crippen molar-refractivity contribution < 1.29 is 13.6 Å². The van der Waals surface area contributed by atoms with E-state index in [2.05, 4.69) is 19.2 Å².